The largest absolute Gasteiger partial charge is 0.481 e. The third-order valence-electron chi connectivity index (χ3n) is 3.81. The summed E-state index contributed by atoms with van der Waals surface area (Å²) in [7, 11) is 1.60. The van der Waals surface area contributed by atoms with E-state index in [0.29, 0.717) is 22.2 Å². The Kier molecular flexibility index (Phi) is 5.71. The lowest BCUT2D eigenvalue weighted by molar-refractivity contribution is -0.137. The summed E-state index contributed by atoms with van der Waals surface area (Å²) in [5, 5.41) is 4.42. The first kappa shape index (κ1) is 18.8. The molecular formula is C19H17ClFN3O3. The molecule has 2 aromatic carbocycles. The maximum atomic E-state index is 12.9. The SMILES string of the molecule is CC(Oc1ccc(F)cc1)C(=O)N(C)Cc1nc(-c2ccccc2Cl)no1. The highest BCUT2D eigenvalue weighted by Crippen LogP contribution is 2.25. The van der Waals surface area contributed by atoms with E-state index in [1.807, 2.05) is 12.1 Å². The van der Waals surface area contributed by atoms with Crippen molar-refractivity contribution in [3.05, 3.63) is 65.3 Å². The Morgan fingerprint density at radius 3 is 2.67 bits per heavy atom. The highest BCUT2D eigenvalue weighted by atomic mass is 35.5. The maximum absolute atomic E-state index is 12.9. The molecule has 0 N–H and O–H groups in total. The van der Waals surface area contributed by atoms with E-state index in [1.165, 1.54) is 29.2 Å². The molecule has 3 rings (SSSR count). The number of hydrogen-bond acceptors (Lipinski definition) is 5. The minimum Gasteiger partial charge on any atom is -0.481 e. The second-order valence-electron chi connectivity index (χ2n) is 5.90. The molecule has 1 unspecified atom stereocenters. The number of amides is 1. The number of likely N-dealkylation sites (N-methyl/N-ethyl adjacent to an activating group) is 1. The lowest BCUT2D eigenvalue weighted by Crippen LogP contribution is -2.37. The van der Waals surface area contributed by atoms with Crippen molar-refractivity contribution in [3.63, 3.8) is 0 Å². The van der Waals surface area contributed by atoms with Crippen LogP contribution in [0.1, 0.15) is 12.8 Å². The fourth-order valence-electron chi connectivity index (χ4n) is 2.43. The van der Waals surface area contributed by atoms with Crippen LogP contribution < -0.4 is 4.74 Å². The standard InChI is InChI=1S/C19H17ClFN3O3/c1-12(26-14-9-7-13(21)8-10-14)19(25)24(2)11-17-22-18(23-27-17)15-5-3-4-6-16(15)20/h3-10,12H,11H2,1-2H3. The zero-order valence-electron chi connectivity index (χ0n) is 14.7. The van der Waals surface area contributed by atoms with E-state index >= 15 is 0 Å². The van der Waals surface area contributed by atoms with Gasteiger partial charge in [0.2, 0.25) is 11.7 Å². The highest BCUT2D eigenvalue weighted by molar-refractivity contribution is 6.33. The van der Waals surface area contributed by atoms with Gasteiger partial charge in [0.1, 0.15) is 11.6 Å². The van der Waals surface area contributed by atoms with Crippen molar-refractivity contribution in [2.24, 2.45) is 0 Å². The van der Waals surface area contributed by atoms with Crippen molar-refractivity contribution in [3.8, 4) is 17.1 Å². The summed E-state index contributed by atoms with van der Waals surface area (Å²) < 4.78 is 23.7. The second kappa shape index (κ2) is 8.18. The molecule has 8 heteroatoms. The summed E-state index contributed by atoms with van der Waals surface area (Å²) in [5.74, 6) is 0.382. The summed E-state index contributed by atoms with van der Waals surface area (Å²) in [6.07, 6.45) is -0.758. The van der Waals surface area contributed by atoms with Gasteiger partial charge in [0.25, 0.3) is 5.91 Å². The molecule has 3 aromatic rings. The first-order valence-corrected chi connectivity index (χ1v) is 8.56. The minimum absolute atomic E-state index is 0.118. The molecule has 0 aliphatic rings. The number of carbonyl (C=O) groups is 1. The lowest BCUT2D eigenvalue weighted by Gasteiger charge is -2.20. The molecule has 1 heterocycles. The van der Waals surface area contributed by atoms with Gasteiger partial charge in [0, 0.05) is 12.6 Å². The number of halogens is 2. The van der Waals surface area contributed by atoms with Crippen molar-refractivity contribution in [1.29, 1.82) is 0 Å². The number of carbonyl (C=O) groups excluding carboxylic acids is 1. The minimum atomic E-state index is -0.758. The molecule has 0 saturated carbocycles. The molecular weight excluding hydrogens is 373 g/mol. The van der Waals surface area contributed by atoms with E-state index in [-0.39, 0.29) is 24.2 Å². The fraction of sp³-hybridized carbons (Fsp3) is 0.211. The first-order chi connectivity index (χ1) is 12.9. The normalized spacial score (nSPS) is 11.9. The van der Waals surface area contributed by atoms with Crippen molar-refractivity contribution >= 4 is 17.5 Å². The summed E-state index contributed by atoms with van der Waals surface area (Å²) in [4.78, 5) is 18.2. The second-order valence-corrected chi connectivity index (χ2v) is 6.31. The molecule has 1 aromatic heterocycles. The average molecular weight is 390 g/mol. The van der Waals surface area contributed by atoms with Gasteiger partial charge in [0.05, 0.1) is 11.6 Å². The van der Waals surface area contributed by atoms with E-state index in [0.717, 1.165) is 0 Å². The van der Waals surface area contributed by atoms with E-state index in [1.54, 1.807) is 26.1 Å². The van der Waals surface area contributed by atoms with Crippen molar-refractivity contribution in [1.82, 2.24) is 15.0 Å². The molecule has 0 aliphatic carbocycles. The number of benzene rings is 2. The van der Waals surface area contributed by atoms with E-state index in [2.05, 4.69) is 10.1 Å². The van der Waals surface area contributed by atoms with Crippen LogP contribution in [0.25, 0.3) is 11.4 Å². The van der Waals surface area contributed by atoms with E-state index < -0.39 is 6.10 Å². The number of ether oxygens (including phenoxy) is 1. The van der Waals surface area contributed by atoms with Crippen LogP contribution in [0.2, 0.25) is 5.02 Å². The third kappa shape index (κ3) is 4.62. The molecule has 27 heavy (non-hydrogen) atoms. The summed E-state index contributed by atoms with van der Waals surface area (Å²) in [5.41, 5.74) is 0.649. The number of nitrogens with zero attached hydrogens (tertiary/aromatic N) is 3. The van der Waals surface area contributed by atoms with Crippen LogP contribution in [0, 0.1) is 5.82 Å². The maximum Gasteiger partial charge on any atom is 0.263 e. The Bertz CT molecular complexity index is 930. The predicted octanol–water partition coefficient (Wildman–Crippen LogP) is 3.96. The van der Waals surface area contributed by atoms with Crippen LogP contribution >= 0.6 is 11.6 Å². The number of rotatable bonds is 6. The first-order valence-electron chi connectivity index (χ1n) is 8.18. The van der Waals surface area contributed by atoms with Gasteiger partial charge < -0.3 is 14.2 Å². The quantitative estimate of drug-likeness (QED) is 0.638. The Hall–Kier alpha value is -2.93. The Balaban J connectivity index is 1.63. The molecule has 0 fully saturated rings. The summed E-state index contributed by atoms with van der Waals surface area (Å²) in [6.45, 7) is 1.73. The van der Waals surface area contributed by atoms with Gasteiger partial charge in [-0.1, -0.05) is 28.9 Å². The van der Waals surface area contributed by atoms with Crippen LogP contribution in [0.15, 0.2) is 53.1 Å². The van der Waals surface area contributed by atoms with Gasteiger partial charge >= 0.3 is 0 Å². The van der Waals surface area contributed by atoms with Gasteiger partial charge in [0.15, 0.2) is 6.10 Å². The molecule has 140 valence electrons. The smallest absolute Gasteiger partial charge is 0.263 e. The Morgan fingerprint density at radius 2 is 1.96 bits per heavy atom. The van der Waals surface area contributed by atoms with E-state index in [4.69, 9.17) is 20.9 Å². The van der Waals surface area contributed by atoms with Crippen LogP contribution in [0.5, 0.6) is 5.75 Å². The van der Waals surface area contributed by atoms with Crippen LogP contribution in [0.3, 0.4) is 0 Å². The topological polar surface area (TPSA) is 68.5 Å². The van der Waals surface area contributed by atoms with Gasteiger partial charge in [-0.15, -0.1) is 0 Å². The molecule has 1 atom stereocenters. The van der Waals surface area contributed by atoms with Gasteiger partial charge in [-0.2, -0.15) is 4.98 Å². The average Bonchev–Trinajstić information content (AvgIpc) is 3.11. The van der Waals surface area contributed by atoms with Crippen LogP contribution in [-0.2, 0) is 11.3 Å². The molecule has 0 spiro atoms. The van der Waals surface area contributed by atoms with E-state index in [9.17, 15) is 9.18 Å². The molecule has 0 bridgehead atoms. The van der Waals surface area contributed by atoms with Crippen LogP contribution in [0.4, 0.5) is 4.39 Å². The highest BCUT2D eigenvalue weighted by Gasteiger charge is 2.22. The fourth-order valence-corrected chi connectivity index (χ4v) is 2.65. The van der Waals surface area contributed by atoms with Gasteiger partial charge in [-0.25, -0.2) is 4.39 Å². The monoisotopic (exact) mass is 389 g/mol. The Morgan fingerprint density at radius 1 is 1.26 bits per heavy atom. The molecule has 6 nitrogen and oxygen atoms in total. The van der Waals surface area contributed by atoms with Crippen molar-refractivity contribution in [2.45, 2.75) is 19.6 Å². The molecule has 0 radical (unpaired) electrons. The summed E-state index contributed by atoms with van der Waals surface area (Å²) >= 11 is 6.13. The molecule has 1 amide bonds. The number of aromatic nitrogens is 2. The van der Waals surface area contributed by atoms with Crippen molar-refractivity contribution in [2.75, 3.05) is 7.05 Å². The predicted molar refractivity (Wildman–Crippen MR) is 97.7 cm³/mol. The zero-order valence-corrected chi connectivity index (χ0v) is 15.5. The van der Waals surface area contributed by atoms with Gasteiger partial charge in [-0.3, -0.25) is 4.79 Å². The summed E-state index contributed by atoms with van der Waals surface area (Å²) in [6, 6.07) is 12.6. The number of hydrogen-bond donors (Lipinski definition) is 0. The Labute approximate surface area is 160 Å². The van der Waals surface area contributed by atoms with Crippen molar-refractivity contribution < 1.29 is 18.4 Å². The van der Waals surface area contributed by atoms with Crippen LogP contribution in [-0.4, -0.2) is 34.1 Å². The molecule has 0 aliphatic heterocycles. The molecule has 0 saturated heterocycles. The zero-order chi connectivity index (χ0) is 19.4. The van der Waals surface area contributed by atoms with Gasteiger partial charge in [-0.05, 0) is 43.3 Å². The lowest BCUT2D eigenvalue weighted by atomic mass is 10.2. The third-order valence-corrected chi connectivity index (χ3v) is 4.14.